The number of nitrogens with one attached hydrogen (secondary N) is 1. The smallest absolute Gasteiger partial charge is 0.323 e. The number of imidazole rings is 1. The van der Waals surface area contributed by atoms with Crippen LogP contribution in [0.5, 0.6) is 0 Å². The maximum absolute atomic E-state index is 12.1. The van der Waals surface area contributed by atoms with Crippen molar-refractivity contribution in [3.05, 3.63) is 48.5 Å². The van der Waals surface area contributed by atoms with Crippen LogP contribution in [0.15, 0.2) is 48.0 Å². The Morgan fingerprint density at radius 2 is 2.05 bits per heavy atom. The summed E-state index contributed by atoms with van der Waals surface area (Å²) in [5.74, 6) is -0.322. The molecule has 0 saturated carbocycles. The van der Waals surface area contributed by atoms with E-state index in [2.05, 4.69) is 19.9 Å². The monoisotopic (exact) mass is 300 g/mol. The van der Waals surface area contributed by atoms with E-state index in [1.165, 1.54) is 25.2 Å². The quantitative estimate of drug-likeness (QED) is 0.452. The molecule has 0 spiro atoms. The van der Waals surface area contributed by atoms with Gasteiger partial charge in [-0.1, -0.05) is 42.1 Å². The van der Waals surface area contributed by atoms with E-state index in [9.17, 15) is 4.79 Å². The first-order chi connectivity index (χ1) is 10.3. The molecule has 0 saturated heterocycles. The Morgan fingerprint density at radius 3 is 2.81 bits per heavy atom. The Balaban J connectivity index is 1.99. The summed E-state index contributed by atoms with van der Waals surface area (Å²) in [5, 5.41) is 0.175. The zero-order chi connectivity index (χ0) is 14.7. The van der Waals surface area contributed by atoms with E-state index in [1.807, 2.05) is 30.3 Å². The van der Waals surface area contributed by atoms with Crippen LogP contribution in [0.25, 0.3) is 11.2 Å². The highest BCUT2D eigenvalue weighted by Gasteiger charge is 2.24. The Kier molecular flexibility index (Phi) is 3.83. The van der Waals surface area contributed by atoms with Crippen molar-refractivity contribution >= 4 is 28.9 Å². The predicted octanol–water partition coefficient (Wildman–Crippen LogP) is 2.36. The lowest BCUT2D eigenvalue weighted by Crippen LogP contribution is -2.11. The minimum Gasteiger partial charge on any atom is -0.468 e. The van der Waals surface area contributed by atoms with Gasteiger partial charge >= 0.3 is 5.97 Å². The first-order valence-electron chi connectivity index (χ1n) is 6.23. The van der Waals surface area contributed by atoms with Crippen LogP contribution in [-0.2, 0) is 9.53 Å². The third kappa shape index (κ3) is 2.73. The molecule has 0 unspecified atom stereocenters. The fraction of sp³-hybridized carbons (Fsp3) is 0.143. The van der Waals surface area contributed by atoms with Gasteiger partial charge < -0.3 is 9.72 Å². The number of methoxy groups -OCH3 is 1. The molecule has 3 aromatic rings. The number of H-pyrrole nitrogens is 1. The molecule has 2 aromatic heterocycles. The summed E-state index contributed by atoms with van der Waals surface area (Å²) in [6, 6.07) is 9.45. The van der Waals surface area contributed by atoms with Crippen LogP contribution in [0.4, 0.5) is 0 Å². The van der Waals surface area contributed by atoms with Crippen molar-refractivity contribution in [3.63, 3.8) is 0 Å². The second-order valence-corrected chi connectivity index (χ2v) is 5.31. The second-order valence-electron chi connectivity index (χ2n) is 4.21. The molecule has 106 valence electrons. The number of hydrogen-bond acceptors (Lipinski definition) is 6. The molecule has 0 radical (unpaired) electrons. The standard InChI is InChI=1S/C14H12N4O2S/c1-20-14(19)11(9-5-3-2-4-6-9)21-13-10-12(16-7-15-10)17-8-18-13/h2-8,11H,1H3,(H,15,16,17,18)/t11-/m0/s1. The minimum atomic E-state index is -0.488. The van der Waals surface area contributed by atoms with Gasteiger partial charge in [-0.15, -0.1) is 0 Å². The van der Waals surface area contributed by atoms with Gasteiger partial charge in [-0.25, -0.2) is 15.0 Å². The number of benzene rings is 1. The van der Waals surface area contributed by atoms with Gasteiger partial charge in [0.1, 0.15) is 22.1 Å². The second kappa shape index (κ2) is 5.92. The molecule has 1 atom stereocenters. The number of nitrogens with zero attached hydrogens (tertiary/aromatic N) is 3. The van der Waals surface area contributed by atoms with E-state index in [4.69, 9.17) is 4.74 Å². The molecule has 2 heterocycles. The lowest BCUT2D eigenvalue weighted by Gasteiger charge is -2.14. The molecule has 0 aliphatic rings. The van der Waals surface area contributed by atoms with Crippen molar-refractivity contribution in [1.29, 1.82) is 0 Å². The van der Waals surface area contributed by atoms with Crippen LogP contribution in [0.2, 0.25) is 0 Å². The molecule has 0 amide bonds. The van der Waals surface area contributed by atoms with E-state index in [0.29, 0.717) is 16.2 Å². The van der Waals surface area contributed by atoms with Gasteiger partial charge in [-0.05, 0) is 5.56 Å². The first kappa shape index (κ1) is 13.6. The normalized spacial score (nSPS) is 12.2. The highest BCUT2D eigenvalue weighted by molar-refractivity contribution is 8.00. The number of aromatic nitrogens is 4. The summed E-state index contributed by atoms with van der Waals surface area (Å²) >= 11 is 1.31. The summed E-state index contributed by atoms with van der Waals surface area (Å²) in [6.07, 6.45) is 2.99. The molecular weight excluding hydrogens is 288 g/mol. The first-order valence-corrected chi connectivity index (χ1v) is 7.11. The zero-order valence-electron chi connectivity index (χ0n) is 11.2. The molecular formula is C14H12N4O2S. The molecule has 0 bridgehead atoms. The largest absolute Gasteiger partial charge is 0.468 e. The fourth-order valence-corrected chi connectivity index (χ4v) is 3.02. The van der Waals surface area contributed by atoms with Gasteiger partial charge in [0, 0.05) is 0 Å². The maximum atomic E-state index is 12.1. The number of esters is 1. The van der Waals surface area contributed by atoms with Crippen LogP contribution in [0.3, 0.4) is 0 Å². The number of aromatic amines is 1. The van der Waals surface area contributed by atoms with Gasteiger partial charge in [0.05, 0.1) is 13.4 Å². The lowest BCUT2D eigenvalue weighted by molar-refractivity contribution is -0.140. The molecule has 6 nitrogen and oxygen atoms in total. The van der Waals surface area contributed by atoms with Crippen molar-refractivity contribution in [3.8, 4) is 0 Å². The molecule has 3 rings (SSSR count). The van der Waals surface area contributed by atoms with Gasteiger partial charge in [-0.2, -0.15) is 0 Å². The topological polar surface area (TPSA) is 80.8 Å². The average molecular weight is 300 g/mol. The van der Waals surface area contributed by atoms with Crippen molar-refractivity contribution in [2.75, 3.05) is 7.11 Å². The molecule has 1 N–H and O–H groups in total. The summed E-state index contributed by atoms with van der Waals surface area (Å²) in [5.41, 5.74) is 2.15. The highest BCUT2D eigenvalue weighted by atomic mass is 32.2. The fourth-order valence-electron chi connectivity index (χ4n) is 1.93. The van der Waals surface area contributed by atoms with Gasteiger partial charge in [-0.3, -0.25) is 4.79 Å². The minimum absolute atomic E-state index is 0.322. The molecule has 7 heteroatoms. The number of hydrogen-bond donors (Lipinski definition) is 1. The third-order valence-corrected chi connectivity index (χ3v) is 4.17. The number of carbonyl (C=O) groups is 1. The zero-order valence-corrected chi connectivity index (χ0v) is 12.0. The van der Waals surface area contributed by atoms with Gasteiger partial charge in [0.2, 0.25) is 0 Å². The molecule has 0 aliphatic carbocycles. The molecule has 0 fully saturated rings. The Labute approximate surface area is 125 Å². The van der Waals surface area contributed by atoms with E-state index >= 15 is 0 Å². The van der Waals surface area contributed by atoms with Crippen molar-refractivity contribution in [1.82, 2.24) is 19.9 Å². The Morgan fingerprint density at radius 1 is 1.24 bits per heavy atom. The van der Waals surface area contributed by atoms with Crippen LogP contribution < -0.4 is 0 Å². The predicted molar refractivity (Wildman–Crippen MR) is 78.7 cm³/mol. The van der Waals surface area contributed by atoms with E-state index in [0.717, 1.165) is 5.56 Å². The lowest BCUT2D eigenvalue weighted by atomic mass is 10.1. The number of fused-ring (bicyclic) bond motifs is 1. The number of rotatable bonds is 4. The SMILES string of the molecule is COC(=O)[C@@H](Sc1ncnc2nc[nH]c12)c1ccccc1. The van der Waals surface area contributed by atoms with Crippen LogP contribution >= 0.6 is 11.8 Å². The maximum Gasteiger partial charge on any atom is 0.323 e. The number of ether oxygens (including phenoxy) is 1. The Bertz CT molecular complexity index is 760. The van der Waals surface area contributed by atoms with Crippen LogP contribution in [0.1, 0.15) is 10.8 Å². The van der Waals surface area contributed by atoms with Crippen LogP contribution in [0, 0.1) is 0 Å². The third-order valence-electron chi connectivity index (χ3n) is 2.94. The summed E-state index contributed by atoms with van der Waals surface area (Å²) < 4.78 is 4.90. The van der Waals surface area contributed by atoms with Crippen molar-refractivity contribution in [2.45, 2.75) is 10.3 Å². The molecule has 21 heavy (non-hydrogen) atoms. The molecule has 0 aliphatic heterocycles. The summed E-state index contributed by atoms with van der Waals surface area (Å²) in [4.78, 5) is 27.5. The van der Waals surface area contributed by atoms with Crippen LogP contribution in [-0.4, -0.2) is 33.0 Å². The molecule has 1 aromatic carbocycles. The van der Waals surface area contributed by atoms with Crippen molar-refractivity contribution < 1.29 is 9.53 Å². The van der Waals surface area contributed by atoms with Gasteiger partial charge in [0.15, 0.2) is 5.65 Å². The van der Waals surface area contributed by atoms with Gasteiger partial charge in [0.25, 0.3) is 0 Å². The van der Waals surface area contributed by atoms with E-state index in [1.54, 1.807) is 6.33 Å². The van der Waals surface area contributed by atoms with E-state index in [-0.39, 0.29) is 5.97 Å². The van der Waals surface area contributed by atoms with Crippen molar-refractivity contribution in [2.24, 2.45) is 0 Å². The average Bonchev–Trinajstić information content (AvgIpc) is 3.02. The summed E-state index contributed by atoms with van der Waals surface area (Å²) in [7, 11) is 1.38. The summed E-state index contributed by atoms with van der Waals surface area (Å²) in [6.45, 7) is 0. The highest BCUT2D eigenvalue weighted by Crippen LogP contribution is 2.37. The van der Waals surface area contributed by atoms with E-state index < -0.39 is 5.25 Å². The number of carbonyl (C=O) groups excluding carboxylic acids is 1. The number of thioether (sulfide) groups is 1. The Hall–Kier alpha value is -2.41.